The molecule has 3 fully saturated rings. The summed E-state index contributed by atoms with van der Waals surface area (Å²) in [6, 6.07) is 2.93. The molecule has 0 aromatic rings. The van der Waals surface area contributed by atoms with Crippen molar-refractivity contribution in [3.8, 4) is 6.07 Å². The lowest BCUT2D eigenvalue weighted by Gasteiger charge is -2.35. The van der Waals surface area contributed by atoms with Gasteiger partial charge < -0.3 is 4.90 Å². The second kappa shape index (κ2) is 5.73. The molecule has 3 rings (SSSR count). The van der Waals surface area contributed by atoms with Crippen LogP contribution in [-0.4, -0.2) is 47.9 Å². The van der Waals surface area contributed by atoms with Crippen molar-refractivity contribution in [2.24, 2.45) is 5.41 Å². The molecule has 0 N–H and O–H groups in total. The molecule has 1 unspecified atom stereocenters. The van der Waals surface area contributed by atoms with E-state index >= 15 is 0 Å². The van der Waals surface area contributed by atoms with Gasteiger partial charge in [0.25, 0.3) is 0 Å². The minimum Gasteiger partial charge on any atom is -0.340 e. The highest BCUT2D eigenvalue weighted by molar-refractivity contribution is 5.85. The van der Waals surface area contributed by atoms with Gasteiger partial charge in [-0.2, -0.15) is 5.26 Å². The highest BCUT2D eigenvalue weighted by Gasteiger charge is 2.43. The van der Waals surface area contributed by atoms with Crippen LogP contribution in [0.15, 0.2) is 0 Å². The van der Waals surface area contributed by atoms with Crippen LogP contribution in [-0.2, 0) is 4.79 Å². The molecule has 2 heterocycles. The molecule has 3 aliphatic rings. The van der Waals surface area contributed by atoms with Crippen LogP contribution in [0.25, 0.3) is 0 Å². The molecule has 4 nitrogen and oxygen atoms in total. The number of fused-ring (bicyclic) bond motifs is 1. The third-order valence-electron chi connectivity index (χ3n) is 5.42. The van der Waals surface area contributed by atoms with Gasteiger partial charge in [0.05, 0.1) is 6.07 Å². The molecule has 2 saturated heterocycles. The summed E-state index contributed by atoms with van der Waals surface area (Å²) in [5, 5.41) is 9.59. The molecule has 0 radical (unpaired) electrons. The first-order valence-electron chi connectivity index (χ1n) is 8.20. The maximum absolute atomic E-state index is 12.9. The number of amides is 1. The predicted molar refractivity (Wildman–Crippen MR) is 76.9 cm³/mol. The van der Waals surface area contributed by atoms with Crippen molar-refractivity contribution in [1.82, 2.24) is 9.80 Å². The summed E-state index contributed by atoms with van der Waals surface area (Å²) in [5.74, 6) is 0.133. The fourth-order valence-electron chi connectivity index (χ4n) is 4.22. The monoisotopic (exact) mass is 275 g/mol. The van der Waals surface area contributed by atoms with Crippen molar-refractivity contribution in [1.29, 1.82) is 5.26 Å². The minimum absolute atomic E-state index is 0.133. The first kappa shape index (κ1) is 13.9. The van der Waals surface area contributed by atoms with Gasteiger partial charge in [0.2, 0.25) is 5.91 Å². The zero-order chi connectivity index (χ0) is 14.0. The van der Waals surface area contributed by atoms with Crippen LogP contribution in [0.4, 0.5) is 0 Å². The fourth-order valence-corrected chi connectivity index (χ4v) is 4.22. The van der Waals surface area contributed by atoms with E-state index in [1.807, 2.05) is 4.90 Å². The normalized spacial score (nSPS) is 30.4. The number of hydrogen-bond donors (Lipinski definition) is 0. The van der Waals surface area contributed by atoms with Crippen molar-refractivity contribution < 1.29 is 4.79 Å². The number of carbonyl (C=O) groups excluding carboxylic acids is 1. The Bertz CT molecular complexity index is 408. The van der Waals surface area contributed by atoms with E-state index in [4.69, 9.17) is 0 Å². The van der Waals surface area contributed by atoms with Crippen molar-refractivity contribution >= 4 is 5.91 Å². The number of carbonyl (C=O) groups is 1. The molecule has 0 bridgehead atoms. The molecule has 4 heteroatoms. The van der Waals surface area contributed by atoms with E-state index in [1.165, 1.54) is 25.8 Å². The van der Waals surface area contributed by atoms with Crippen molar-refractivity contribution in [3.63, 3.8) is 0 Å². The second-order valence-corrected chi connectivity index (χ2v) is 6.69. The Hall–Kier alpha value is -1.08. The highest BCUT2D eigenvalue weighted by atomic mass is 16.2. The molecule has 0 aromatic heterocycles. The smallest absolute Gasteiger partial charge is 0.243 e. The van der Waals surface area contributed by atoms with E-state index in [1.54, 1.807) is 0 Å². The summed E-state index contributed by atoms with van der Waals surface area (Å²) in [7, 11) is 0. The molecule has 0 aromatic carbocycles. The maximum Gasteiger partial charge on any atom is 0.243 e. The van der Waals surface area contributed by atoms with E-state index in [0.717, 1.165) is 51.7 Å². The summed E-state index contributed by atoms with van der Waals surface area (Å²) in [6.07, 6.45) is 8.31. The Balaban J connectivity index is 1.73. The summed E-state index contributed by atoms with van der Waals surface area (Å²) in [5.41, 5.74) is -0.702. The first-order chi connectivity index (χ1) is 9.75. The van der Waals surface area contributed by atoms with Gasteiger partial charge >= 0.3 is 0 Å². The Morgan fingerprint density at radius 2 is 1.80 bits per heavy atom. The Labute approximate surface area is 121 Å². The SMILES string of the molecule is N#CC1(C(=O)N2CCCN3CCCC3C2)CCCCC1. The molecule has 0 spiro atoms. The van der Waals surface area contributed by atoms with Crippen LogP contribution >= 0.6 is 0 Å². The van der Waals surface area contributed by atoms with Crippen molar-refractivity contribution in [2.75, 3.05) is 26.2 Å². The zero-order valence-electron chi connectivity index (χ0n) is 12.3. The van der Waals surface area contributed by atoms with E-state index in [2.05, 4.69) is 11.0 Å². The van der Waals surface area contributed by atoms with Gasteiger partial charge in [0, 0.05) is 25.7 Å². The predicted octanol–water partition coefficient (Wildman–Crippen LogP) is 2.16. The zero-order valence-corrected chi connectivity index (χ0v) is 12.3. The van der Waals surface area contributed by atoms with Crippen LogP contribution in [0.3, 0.4) is 0 Å². The van der Waals surface area contributed by atoms with E-state index in [9.17, 15) is 10.1 Å². The van der Waals surface area contributed by atoms with Gasteiger partial charge in [-0.1, -0.05) is 19.3 Å². The lowest BCUT2D eigenvalue weighted by molar-refractivity contribution is -0.140. The quantitative estimate of drug-likeness (QED) is 0.737. The maximum atomic E-state index is 12.9. The largest absolute Gasteiger partial charge is 0.340 e. The van der Waals surface area contributed by atoms with Crippen LogP contribution in [0.5, 0.6) is 0 Å². The van der Waals surface area contributed by atoms with Crippen LogP contribution in [0.2, 0.25) is 0 Å². The molecular formula is C16H25N3O. The molecular weight excluding hydrogens is 250 g/mol. The number of hydrogen-bond acceptors (Lipinski definition) is 3. The number of nitrogens with zero attached hydrogens (tertiary/aromatic N) is 3. The average molecular weight is 275 g/mol. The molecule has 1 saturated carbocycles. The van der Waals surface area contributed by atoms with E-state index in [0.29, 0.717) is 6.04 Å². The van der Waals surface area contributed by atoms with Crippen LogP contribution in [0.1, 0.15) is 51.4 Å². The van der Waals surface area contributed by atoms with Gasteiger partial charge in [-0.15, -0.1) is 0 Å². The van der Waals surface area contributed by atoms with Gasteiger partial charge in [-0.05, 0) is 38.6 Å². The number of nitriles is 1. The van der Waals surface area contributed by atoms with E-state index < -0.39 is 5.41 Å². The van der Waals surface area contributed by atoms with Crippen molar-refractivity contribution in [3.05, 3.63) is 0 Å². The van der Waals surface area contributed by atoms with Gasteiger partial charge in [0.1, 0.15) is 5.41 Å². The van der Waals surface area contributed by atoms with Gasteiger partial charge in [0.15, 0.2) is 0 Å². The fraction of sp³-hybridized carbons (Fsp3) is 0.875. The Kier molecular flexibility index (Phi) is 3.98. The topological polar surface area (TPSA) is 47.3 Å². The highest BCUT2D eigenvalue weighted by Crippen LogP contribution is 2.38. The average Bonchev–Trinajstić information content (AvgIpc) is 2.84. The minimum atomic E-state index is -0.702. The Morgan fingerprint density at radius 3 is 2.55 bits per heavy atom. The number of rotatable bonds is 1. The Morgan fingerprint density at radius 1 is 1.05 bits per heavy atom. The van der Waals surface area contributed by atoms with Crippen molar-refractivity contribution in [2.45, 2.75) is 57.4 Å². The lowest BCUT2D eigenvalue weighted by atomic mass is 9.74. The van der Waals surface area contributed by atoms with Gasteiger partial charge in [-0.25, -0.2) is 0 Å². The summed E-state index contributed by atoms with van der Waals surface area (Å²) >= 11 is 0. The summed E-state index contributed by atoms with van der Waals surface area (Å²) in [4.78, 5) is 17.5. The molecule has 110 valence electrons. The molecule has 1 aliphatic carbocycles. The van der Waals surface area contributed by atoms with Crippen LogP contribution in [0, 0.1) is 16.7 Å². The molecule has 1 amide bonds. The van der Waals surface area contributed by atoms with Crippen LogP contribution < -0.4 is 0 Å². The summed E-state index contributed by atoms with van der Waals surface area (Å²) in [6.45, 7) is 4.00. The second-order valence-electron chi connectivity index (χ2n) is 6.69. The van der Waals surface area contributed by atoms with Gasteiger partial charge in [-0.3, -0.25) is 9.69 Å². The lowest BCUT2D eigenvalue weighted by Crippen LogP contribution is -2.47. The third-order valence-corrected chi connectivity index (χ3v) is 5.42. The third kappa shape index (κ3) is 2.44. The standard InChI is InChI=1S/C16H25N3O/c17-13-16(7-2-1-3-8-16)15(20)19-11-5-10-18-9-4-6-14(18)12-19/h14H,1-12H2. The van der Waals surface area contributed by atoms with E-state index in [-0.39, 0.29) is 5.91 Å². The first-order valence-corrected chi connectivity index (χ1v) is 8.20. The molecule has 1 atom stereocenters. The molecule has 2 aliphatic heterocycles. The summed E-state index contributed by atoms with van der Waals surface area (Å²) < 4.78 is 0. The molecule has 20 heavy (non-hydrogen) atoms.